The number of imidazole rings is 1. The van der Waals surface area contributed by atoms with Gasteiger partial charge < -0.3 is 20.4 Å². The maximum absolute atomic E-state index is 12.5. The lowest BCUT2D eigenvalue weighted by Crippen LogP contribution is -2.25. The SMILES string of the molecule is CNc1cc(Nc2cccn3ccnc23)nc2c(C(=O)NC3CC3)cnn12. The minimum Gasteiger partial charge on any atom is -0.373 e. The third-order valence-electron chi connectivity index (χ3n) is 4.57. The predicted octanol–water partition coefficient (Wildman–Crippen LogP) is 2.05. The summed E-state index contributed by atoms with van der Waals surface area (Å²) in [5, 5.41) is 13.7. The molecular weight excluding hydrogens is 344 g/mol. The number of hydrogen-bond donors (Lipinski definition) is 3. The van der Waals surface area contributed by atoms with E-state index in [2.05, 4.69) is 31.0 Å². The molecule has 5 rings (SSSR count). The quantitative estimate of drug-likeness (QED) is 0.502. The number of carbonyl (C=O) groups is 1. The predicted molar refractivity (Wildman–Crippen MR) is 101 cm³/mol. The highest BCUT2D eigenvalue weighted by molar-refractivity contribution is 6.00. The third kappa shape index (κ3) is 2.73. The van der Waals surface area contributed by atoms with Gasteiger partial charge in [-0.1, -0.05) is 0 Å². The van der Waals surface area contributed by atoms with Crippen LogP contribution in [-0.4, -0.2) is 43.0 Å². The number of amides is 1. The molecule has 0 saturated heterocycles. The topological polar surface area (TPSA) is 101 Å². The molecule has 136 valence electrons. The van der Waals surface area contributed by atoms with E-state index in [4.69, 9.17) is 0 Å². The van der Waals surface area contributed by atoms with Crippen LogP contribution in [-0.2, 0) is 0 Å². The molecule has 4 aromatic heterocycles. The fraction of sp³-hybridized carbons (Fsp3) is 0.222. The molecular formula is C18H18N8O. The number of rotatable bonds is 5. The van der Waals surface area contributed by atoms with Crippen LogP contribution in [0.2, 0.25) is 0 Å². The Morgan fingerprint density at radius 2 is 2.15 bits per heavy atom. The summed E-state index contributed by atoms with van der Waals surface area (Å²) < 4.78 is 3.55. The first kappa shape index (κ1) is 15.6. The van der Waals surface area contributed by atoms with Gasteiger partial charge in [0.15, 0.2) is 11.3 Å². The fourth-order valence-electron chi connectivity index (χ4n) is 3.04. The second-order valence-electron chi connectivity index (χ2n) is 6.52. The minimum absolute atomic E-state index is 0.144. The molecule has 4 aromatic rings. The molecule has 4 heterocycles. The van der Waals surface area contributed by atoms with Crippen LogP contribution >= 0.6 is 0 Å². The summed E-state index contributed by atoms with van der Waals surface area (Å²) in [6, 6.07) is 5.98. The first-order chi connectivity index (χ1) is 13.2. The molecule has 1 aliphatic carbocycles. The fourth-order valence-corrected chi connectivity index (χ4v) is 3.04. The number of anilines is 3. The van der Waals surface area contributed by atoms with Gasteiger partial charge in [-0.05, 0) is 25.0 Å². The Hall–Kier alpha value is -3.62. The lowest BCUT2D eigenvalue weighted by Gasteiger charge is -2.11. The van der Waals surface area contributed by atoms with E-state index in [9.17, 15) is 4.79 Å². The Balaban J connectivity index is 1.57. The van der Waals surface area contributed by atoms with Crippen LogP contribution in [0.5, 0.6) is 0 Å². The summed E-state index contributed by atoms with van der Waals surface area (Å²) in [6.45, 7) is 0. The highest BCUT2D eigenvalue weighted by atomic mass is 16.1. The minimum atomic E-state index is -0.144. The summed E-state index contributed by atoms with van der Waals surface area (Å²) in [6.07, 6.45) is 9.17. The molecule has 0 spiro atoms. The van der Waals surface area contributed by atoms with E-state index in [0.29, 0.717) is 17.0 Å². The second-order valence-corrected chi connectivity index (χ2v) is 6.52. The van der Waals surface area contributed by atoms with Crippen molar-refractivity contribution >= 4 is 34.5 Å². The van der Waals surface area contributed by atoms with Crippen molar-refractivity contribution in [3.8, 4) is 0 Å². The van der Waals surface area contributed by atoms with Gasteiger partial charge in [0, 0.05) is 37.7 Å². The third-order valence-corrected chi connectivity index (χ3v) is 4.57. The van der Waals surface area contributed by atoms with Crippen molar-refractivity contribution in [1.29, 1.82) is 0 Å². The Kier molecular flexibility index (Phi) is 3.46. The van der Waals surface area contributed by atoms with Crippen molar-refractivity contribution in [2.24, 2.45) is 0 Å². The van der Waals surface area contributed by atoms with Gasteiger partial charge in [-0.2, -0.15) is 9.61 Å². The van der Waals surface area contributed by atoms with E-state index in [1.54, 1.807) is 24.0 Å². The number of carbonyl (C=O) groups excluding carboxylic acids is 1. The van der Waals surface area contributed by atoms with E-state index in [0.717, 1.165) is 30.0 Å². The van der Waals surface area contributed by atoms with E-state index in [-0.39, 0.29) is 11.9 Å². The average molecular weight is 362 g/mol. The average Bonchev–Trinajstić information content (AvgIpc) is 3.19. The molecule has 9 heteroatoms. The van der Waals surface area contributed by atoms with E-state index in [1.807, 2.05) is 35.0 Å². The summed E-state index contributed by atoms with van der Waals surface area (Å²) in [5.41, 5.74) is 2.58. The molecule has 1 aliphatic rings. The van der Waals surface area contributed by atoms with Crippen LogP contribution in [0.1, 0.15) is 23.2 Å². The van der Waals surface area contributed by atoms with Gasteiger partial charge in [0.05, 0.1) is 11.9 Å². The van der Waals surface area contributed by atoms with Crippen LogP contribution in [0, 0.1) is 0 Å². The zero-order valence-electron chi connectivity index (χ0n) is 14.7. The first-order valence-electron chi connectivity index (χ1n) is 8.79. The smallest absolute Gasteiger partial charge is 0.256 e. The number of aromatic nitrogens is 5. The molecule has 1 fully saturated rings. The number of pyridine rings is 1. The highest BCUT2D eigenvalue weighted by Crippen LogP contribution is 2.25. The number of hydrogen-bond acceptors (Lipinski definition) is 6. The number of fused-ring (bicyclic) bond motifs is 2. The van der Waals surface area contributed by atoms with Gasteiger partial charge in [-0.15, -0.1) is 0 Å². The van der Waals surface area contributed by atoms with Crippen molar-refractivity contribution < 1.29 is 4.79 Å². The van der Waals surface area contributed by atoms with Gasteiger partial charge in [-0.25, -0.2) is 9.97 Å². The highest BCUT2D eigenvalue weighted by Gasteiger charge is 2.26. The van der Waals surface area contributed by atoms with Crippen molar-refractivity contribution in [2.75, 3.05) is 17.7 Å². The molecule has 3 N–H and O–H groups in total. The Bertz CT molecular complexity index is 1160. The van der Waals surface area contributed by atoms with Crippen molar-refractivity contribution in [3.63, 3.8) is 0 Å². The van der Waals surface area contributed by atoms with E-state index < -0.39 is 0 Å². The van der Waals surface area contributed by atoms with Gasteiger partial charge >= 0.3 is 0 Å². The Labute approximate surface area is 154 Å². The lowest BCUT2D eigenvalue weighted by atomic mass is 10.3. The van der Waals surface area contributed by atoms with Gasteiger partial charge in [0.2, 0.25) is 0 Å². The van der Waals surface area contributed by atoms with Crippen LogP contribution < -0.4 is 16.0 Å². The van der Waals surface area contributed by atoms with Crippen LogP contribution in [0.15, 0.2) is 43.0 Å². The molecule has 0 unspecified atom stereocenters. The van der Waals surface area contributed by atoms with Gasteiger partial charge in [0.1, 0.15) is 17.2 Å². The molecule has 9 nitrogen and oxygen atoms in total. The van der Waals surface area contributed by atoms with E-state index >= 15 is 0 Å². The molecule has 0 bridgehead atoms. The second kappa shape index (κ2) is 5.97. The standard InChI is InChI=1S/C18H18N8O/c1-19-15-9-14(23-13-3-2-7-25-8-6-20-17(13)25)24-16-12(10-21-26(15)16)18(27)22-11-4-5-11/h2-3,6-11,19H,4-5H2,1H3,(H,22,27)(H,23,24). The van der Waals surface area contributed by atoms with Crippen LogP contribution in [0.25, 0.3) is 11.3 Å². The normalized spacial score (nSPS) is 13.8. The molecule has 0 aromatic carbocycles. The molecule has 1 saturated carbocycles. The maximum Gasteiger partial charge on any atom is 0.256 e. The van der Waals surface area contributed by atoms with Crippen LogP contribution in [0.3, 0.4) is 0 Å². The van der Waals surface area contributed by atoms with Gasteiger partial charge in [0.25, 0.3) is 5.91 Å². The lowest BCUT2D eigenvalue weighted by molar-refractivity contribution is 0.0952. The Morgan fingerprint density at radius 1 is 1.26 bits per heavy atom. The zero-order valence-corrected chi connectivity index (χ0v) is 14.7. The summed E-state index contributed by atoms with van der Waals surface area (Å²) >= 11 is 0. The molecule has 0 aliphatic heterocycles. The molecule has 0 atom stereocenters. The maximum atomic E-state index is 12.5. The van der Waals surface area contributed by atoms with E-state index in [1.165, 1.54) is 0 Å². The van der Waals surface area contributed by atoms with Crippen molar-refractivity contribution in [3.05, 3.63) is 48.5 Å². The largest absolute Gasteiger partial charge is 0.373 e. The molecule has 1 amide bonds. The summed E-state index contributed by atoms with van der Waals surface area (Å²) in [5.74, 6) is 1.18. The monoisotopic (exact) mass is 362 g/mol. The first-order valence-corrected chi connectivity index (χ1v) is 8.79. The number of nitrogens with one attached hydrogen (secondary N) is 3. The molecule has 27 heavy (non-hydrogen) atoms. The summed E-state index contributed by atoms with van der Waals surface area (Å²) in [7, 11) is 1.81. The molecule has 0 radical (unpaired) electrons. The number of nitrogens with zero attached hydrogens (tertiary/aromatic N) is 5. The Morgan fingerprint density at radius 3 is 2.96 bits per heavy atom. The van der Waals surface area contributed by atoms with Gasteiger partial charge in [-0.3, -0.25) is 4.79 Å². The van der Waals surface area contributed by atoms with Crippen molar-refractivity contribution in [2.45, 2.75) is 18.9 Å². The summed E-state index contributed by atoms with van der Waals surface area (Å²) in [4.78, 5) is 21.5. The zero-order chi connectivity index (χ0) is 18.4. The van der Waals surface area contributed by atoms with Crippen LogP contribution in [0.4, 0.5) is 17.3 Å². The van der Waals surface area contributed by atoms with Crippen molar-refractivity contribution in [1.82, 2.24) is 29.3 Å².